The molecular weight excluding hydrogens is 444 g/mol. The number of hydrogen-bond donors (Lipinski definition) is 1. The maximum Gasteiger partial charge on any atom is 0.252 e. The Labute approximate surface area is 195 Å². The quantitative estimate of drug-likeness (QED) is 0.718. The minimum atomic E-state index is -3.55. The number of thiophene rings is 1. The van der Waals surface area contributed by atoms with Gasteiger partial charge in [-0.3, -0.25) is 4.79 Å². The molecule has 1 unspecified atom stereocenters. The number of amides is 1. The molecule has 0 bridgehead atoms. The molecule has 2 aliphatic rings. The Morgan fingerprint density at radius 1 is 1.06 bits per heavy atom. The number of aryl methyl sites for hydroxylation is 2. The fraction of sp³-hybridized carbons (Fsp3) is 0.522. The van der Waals surface area contributed by atoms with Crippen LogP contribution in [0.15, 0.2) is 34.5 Å². The number of nitrogens with one attached hydrogen (secondary N) is 1. The van der Waals surface area contributed by atoms with Crippen LogP contribution in [-0.4, -0.2) is 69.8 Å². The maximum absolute atomic E-state index is 13.0. The summed E-state index contributed by atoms with van der Waals surface area (Å²) in [4.78, 5) is 18.7. The second-order valence-corrected chi connectivity index (χ2v) is 12.3. The number of nitrogens with zero attached hydrogens (tertiary/aromatic N) is 3. The molecule has 4 rings (SSSR count). The molecule has 0 radical (unpaired) electrons. The second kappa shape index (κ2) is 9.51. The van der Waals surface area contributed by atoms with E-state index in [0.29, 0.717) is 23.6 Å². The zero-order valence-corrected chi connectivity index (χ0v) is 20.6. The first-order valence-corrected chi connectivity index (χ1v) is 13.4. The molecule has 174 valence electrons. The Morgan fingerprint density at radius 2 is 1.81 bits per heavy atom. The van der Waals surface area contributed by atoms with Crippen molar-refractivity contribution >= 4 is 38.6 Å². The topological polar surface area (TPSA) is 73.0 Å². The number of piperidine rings is 1. The second-order valence-electron chi connectivity index (χ2n) is 8.85. The summed E-state index contributed by atoms with van der Waals surface area (Å²) in [6.07, 6.45) is 1.38. The van der Waals surface area contributed by atoms with Crippen molar-refractivity contribution < 1.29 is 13.2 Å². The van der Waals surface area contributed by atoms with Gasteiger partial charge in [-0.15, -0.1) is 11.3 Å². The average Bonchev–Trinajstić information content (AvgIpc) is 3.23. The molecule has 1 aromatic heterocycles. The number of hydrogen-bond acceptors (Lipinski definition) is 6. The predicted octanol–water partition coefficient (Wildman–Crippen LogP) is 3.16. The molecule has 0 spiro atoms. The highest BCUT2D eigenvalue weighted by Gasteiger charge is 2.34. The van der Waals surface area contributed by atoms with Crippen LogP contribution in [-0.2, 0) is 14.8 Å². The molecule has 7 nitrogen and oxygen atoms in total. The normalized spacial score (nSPS) is 21.0. The molecule has 0 aliphatic carbocycles. The van der Waals surface area contributed by atoms with Crippen LogP contribution in [0.4, 0.5) is 11.4 Å². The molecule has 2 fully saturated rings. The number of carbonyl (C=O) groups is 1. The van der Waals surface area contributed by atoms with Gasteiger partial charge < -0.3 is 15.1 Å². The van der Waals surface area contributed by atoms with E-state index in [1.807, 2.05) is 26.0 Å². The molecule has 2 saturated heterocycles. The van der Waals surface area contributed by atoms with Crippen LogP contribution in [0.3, 0.4) is 0 Å². The molecule has 1 N–H and O–H groups in total. The van der Waals surface area contributed by atoms with E-state index in [-0.39, 0.29) is 18.4 Å². The van der Waals surface area contributed by atoms with Gasteiger partial charge in [0.15, 0.2) is 0 Å². The molecular formula is C23H32N4O3S2. The van der Waals surface area contributed by atoms with Crippen molar-refractivity contribution in [2.45, 2.75) is 30.9 Å². The van der Waals surface area contributed by atoms with Crippen LogP contribution < -0.4 is 10.2 Å². The monoisotopic (exact) mass is 476 g/mol. The summed E-state index contributed by atoms with van der Waals surface area (Å²) in [6, 6.07) is 9.62. The zero-order valence-electron chi connectivity index (χ0n) is 19.0. The minimum Gasteiger partial charge on any atom is -0.369 e. The molecule has 2 aliphatic heterocycles. The van der Waals surface area contributed by atoms with Crippen molar-refractivity contribution in [3.63, 3.8) is 0 Å². The van der Waals surface area contributed by atoms with Crippen molar-refractivity contribution in [2.24, 2.45) is 5.92 Å². The summed E-state index contributed by atoms with van der Waals surface area (Å²) in [5.41, 5.74) is 2.99. The van der Waals surface area contributed by atoms with Crippen LogP contribution in [0.5, 0.6) is 0 Å². The van der Waals surface area contributed by atoms with Crippen molar-refractivity contribution in [3.8, 4) is 0 Å². The van der Waals surface area contributed by atoms with Crippen molar-refractivity contribution in [1.82, 2.24) is 9.21 Å². The SMILES string of the molecule is Cc1ccc(S(=O)(=O)N2CCCC(C(=O)Nc3ccc(N4CCN(C)CC4)cc3C)C2)s1. The van der Waals surface area contributed by atoms with Gasteiger partial charge in [0.25, 0.3) is 10.0 Å². The van der Waals surface area contributed by atoms with E-state index in [1.165, 1.54) is 21.3 Å². The van der Waals surface area contributed by atoms with Gasteiger partial charge in [-0.2, -0.15) is 4.31 Å². The third-order valence-corrected chi connectivity index (χ3v) is 9.73. The van der Waals surface area contributed by atoms with E-state index in [2.05, 4.69) is 34.3 Å². The summed E-state index contributed by atoms with van der Waals surface area (Å²) in [7, 11) is -1.41. The summed E-state index contributed by atoms with van der Waals surface area (Å²) >= 11 is 1.28. The standard InChI is InChI=1S/C23H32N4O3S2/c1-17-15-20(26-13-11-25(3)12-14-26)7-8-21(17)24-23(28)19-5-4-10-27(16-19)32(29,30)22-9-6-18(2)31-22/h6-9,15,19H,4-5,10-14,16H2,1-3H3,(H,24,28). The van der Waals surface area contributed by atoms with E-state index in [1.54, 1.807) is 6.07 Å². The Hall–Kier alpha value is -1.94. The fourth-order valence-electron chi connectivity index (χ4n) is 4.34. The minimum absolute atomic E-state index is 0.109. The van der Waals surface area contributed by atoms with Crippen LogP contribution in [0, 0.1) is 19.8 Å². The number of anilines is 2. The fourth-order valence-corrected chi connectivity index (χ4v) is 7.30. The van der Waals surface area contributed by atoms with Gasteiger partial charge in [0.05, 0.1) is 5.92 Å². The van der Waals surface area contributed by atoms with Gasteiger partial charge in [-0.25, -0.2) is 8.42 Å². The van der Waals surface area contributed by atoms with Gasteiger partial charge in [-0.1, -0.05) is 0 Å². The third-order valence-electron chi connectivity index (χ3n) is 6.40. The highest BCUT2D eigenvalue weighted by atomic mass is 32.2. The lowest BCUT2D eigenvalue weighted by Gasteiger charge is -2.34. The summed E-state index contributed by atoms with van der Waals surface area (Å²) in [5.74, 6) is -0.459. The predicted molar refractivity (Wildman–Crippen MR) is 130 cm³/mol. The molecule has 3 heterocycles. The summed E-state index contributed by atoms with van der Waals surface area (Å²) in [5, 5.41) is 3.05. The molecule has 0 saturated carbocycles. The van der Waals surface area contributed by atoms with E-state index in [9.17, 15) is 13.2 Å². The average molecular weight is 477 g/mol. The van der Waals surface area contributed by atoms with Crippen molar-refractivity contribution in [1.29, 1.82) is 0 Å². The Kier molecular flexibility index (Phi) is 6.90. The largest absolute Gasteiger partial charge is 0.369 e. The van der Waals surface area contributed by atoms with Crippen LogP contribution in [0.2, 0.25) is 0 Å². The smallest absolute Gasteiger partial charge is 0.252 e. The number of piperazine rings is 1. The molecule has 1 atom stereocenters. The first-order valence-electron chi connectivity index (χ1n) is 11.2. The number of benzene rings is 1. The first kappa shape index (κ1) is 23.2. The van der Waals surface area contributed by atoms with Crippen molar-refractivity contribution in [3.05, 3.63) is 40.8 Å². The van der Waals surface area contributed by atoms with E-state index in [0.717, 1.165) is 42.3 Å². The van der Waals surface area contributed by atoms with Gasteiger partial charge in [0.1, 0.15) is 4.21 Å². The number of sulfonamides is 1. The molecule has 9 heteroatoms. The molecule has 1 amide bonds. The lowest BCUT2D eigenvalue weighted by molar-refractivity contribution is -0.120. The molecule has 32 heavy (non-hydrogen) atoms. The highest BCUT2D eigenvalue weighted by Crippen LogP contribution is 2.29. The third kappa shape index (κ3) is 5.01. The Balaban J connectivity index is 1.41. The van der Waals surface area contributed by atoms with E-state index < -0.39 is 10.0 Å². The maximum atomic E-state index is 13.0. The van der Waals surface area contributed by atoms with Crippen LogP contribution in [0.25, 0.3) is 0 Å². The first-order chi connectivity index (χ1) is 15.2. The number of likely N-dealkylation sites (N-methyl/N-ethyl adjacent to an activating group) is 1. The van der Waals surface area contributed by atoms with Gasteiger partial charge >= 0.3 is 0 Å². The Bertz CT molecular complexity index is 1070. The molecule has 2 aromatic rings. The van der Waals surface area contributed by atoms with Crippen LogP contribution >= 0.6 is 11.3 Å². The number of rotatable bonds is 5. The van der Waals surface area contributed by atoms with Crippen LogP contribution in [0.1, 0.15) is 23.3 Å². The zero-order chi connectivity index (χ0) is 22.9. The lowest BCUT2D eigenvalue weighted by Crippen LogP contribution is -2.44. The summed E-state index contributed by atoms with van der Waals surface area (Å²) in [6.45, 7) is 8.67. The highest BCUT2D eigenvalue weighted by molar-refractivity contribution is 7.91. The lowest BCUT2D eigenvalue weighted by atomic mass is 9.98. The van der Waals surface area contributed by atoms with E-state index in [4.69, 9.17) is 0 Å². The van der Waals surface area contributed by atoms with Gasteiger partial charge in [0.2, 0.25) is 5.91 Å². The van der Waals surface area contributed by atoms with E-state index >= 15 is 0 Å². The summed E-state index contributed by atoms with van der Waals surface area (Å²) < 4.78 is 27.8. The Morgan fingerprint density at radius 3 is 2.47 bits per heavy atom. The van der Waals surface area contributed by atoms with Gasteiger partial charge in [0, 0.05) is 55.5 Å². The van der Waals surface area contributed by atoms with Gasteiger partial charge in [-0.05, 0) is 69.6 Å². The molecule has 1 aromatic carbocycles. The van der Waals surface area contributed by atoms with Crippen molar-refractivity contribution in [2.75, 3.05) is 56.5 Å². The number of carbonyl (C=O) groups excluding carboxylic acids is 1.